The first-order valence-electron chi connectivity index (χ1n) is 7.45. The normalized spacial score (nSPS) is 10.7. The highest BCUT2D eigenvalue weighted by Gasteiger charge is 2.02. The lowest BCUT2D eigenvalue weighted by Crippen LogP contribution is -1.96. The van der Waals surface area contributed by atoms with Gasteiger partial charge in [-0.05, 0) is 48.4 Å². The van der Waals surface area contributed by atoms with Crippen molar-refractivity contribution in [1.82, 2.24) is 0 Å². The lowest BCUT2D eigenvalue weighted by atomic mass is 10.2. The Bertz CT molecular complexity index is 652. The Kier molecular flexibility index (Phi) is 6.11. The standard InChI is InChI=1S/C17H19N3O3/c1-2-3-12-23-17-10-4-14(5-11-17)13-18-19-15-6-8-16(9-7-15)20(21)22/h4-11,13,19H,2-3,12H2,1H3/b18-13-. The zero-order valence-electron chi connectivity index (χ0n) is 12.9. The number of ether oxygens (including phenoxy) is 1. The molecule has 1 N–H and O–H groups in total. The van der Waals surface area contributed by atoms with Crippen molar-refractivity contribution in [2.45, 2.75) is 19.8 Å². The molecular weight excluding hydrogens is 294 g/mol. The summed E-state index contributed by atoms with van der Waals surface area (Å²) < 4.78 is 5.59. The summed E-state index contributed by atoms with van der Waals surface area (Å²) in [6.45, 7) is 2.85. The van der Waals surface area contributed by atoms with Crippen molar-refractivity contribution >= 4 is 17.6 Å². The van der Waals surface area contributed by atoms with E-state index in [2.05, 4.69) is 17.5 Å². The molecule has 0 amide bonds. The molecule has 0 radical (unpaired) electrons. The van der Waals surface area contributed by atoms with E-state index in [1.165, 1.54) is 12.1 Å². The molecule has 6 nitrogen and oxygen atoms in total. The van der Waals surface area contributed by atoms with E-state index in [-0.39, 0.29) is 5.69 Å². The SMILES string of the molecule is CCCCOc1ccc(/C=N\Nc2ccc([N+](=O)[O-])cc2)cc1. The van der Waals surface area contributed by atoms with Crippen molar-refractivity contribution < 1.29 is 9.66 Å². The minimum Gasteiger partial charge on any atom is -0.494 e. The van der Waals surface area contributed by atoms with Crippen molar-refractivity contribution in [2.75, 3.05) is 12.0 Å². The van der Waals surface area contributed by atoms with Gasteiger partial charge in [-0.1, -0.05) is 13.3 Å². The predicted octanol–water partition coefficient (Wildman–Crippen LogP) is 4.22. The molecule has 0 heterocycles. The van der Waals surface area contributed by atoms with Gasteiger partial charge in [0, 0.05) is 12.1 Å². The summed E-state index contributed by atoms with van der Waals surface area (Å²) in [4.78, 5) is 10.1. The molecule has 0 spiro atoms. The Labute approximate surface area is 134 Å². The van der Waals surface area contributed by atoms with Crippen molar-refractivity contribution in [2.24, 2.45) is 5.10 Å². The maximum atomic E-state index is 10.6. The molecule has 0 aliphatic carbocycles. The summed E-state index contributed by atoms with van der Waals surface area (Å²) in [5, 5.41) is 14.7. The number of hydrogen-bond donors (Lipinski definition) is 1. The topological polar surface area (TPSA) is 76.8 Å². The fourth-order valence-electron chi connectivity index (χ4n) is 1.82. The van der Waals surface area contributed by atoms with E-state index < -0.39 is 4.92 Å². The summed E-state index contributed by atoms with van der Waals surface area (Å²) in [5.41, 5.74) is 4.50. The van der Waals surface area contributed by atoms with Crippen LogP contribution in [-0.2, 0) is 0 Å². The summed E-state index contributed by atoms with van der Waals surface area (Å²) >= 11 is 0. The van der Waals surface area contributed by atoms with Crippen LogP contribution >= 0.6 is 0 Å². The summed E-state index contributed by atoms with van der Waals surface area (Å²) in [6, 6.07) is 13.7. The van der Waals surface area contributed by atoms with Gasteiger partial charge in [0.25, 0.3) is 5.69 Å². The predicted molar refractivity (Wildman–Crippen MR) is 91.2 cm³/mol. The maximum absolute atomic E-state index is 10.6. The van der Waals surface area contributed by atoms with E-state index in [4.69, 9.17) is 4.74 Å². The molecule has 0 unspecified atom stereocenters. The molecule has 0 saturated heterocycles. The van der Waals surface area contributed by atoms with Crippen LogP contribution < -0.4 is 10.2 Å². The molecule has 6 heteroatoms. The second-order valence-corrected chi connectivity index (χ2v) is 4.95. The van der Waals surface area contributed by atoms with Gasteiger partial charge in [0.1, 0.15) is 5.75 Å². The highest BCUT2D eigenvalue weighted by atomic mass is 16.6. The molecule has 0 saturated carbocycles. The first-order chi connectivity index (χ1) is 11.2. The summed E-state index contributed by atoms with van der Waals surface area (Å²) in [6.07, 6.45) is 3.83. The van der Waals surface area contributed by atoms with Gasteiger partial charge >= 0.3 is 0 Å². The number of nitro benzene ring substituents is 1. The largest absolute Gasteiger partial charge is 0.494 e. The Morgan fingerprint density at radius 1 is 1.17 bits per heavy atom. The number of hydrogen-bond acceptors (Lipinski definition) is 5. The van der Waals surface area contributed by atoms with Crippen LogP contribution in [0.5, 0.6) is 5.75 Å². The minimum atomic E-state index is -0.433. The second kappa shape index (κ2) is 8.53. The molecule has 0 aromatic heterocycles. The van der Waals surface area contributed by atoms with Crippen LogP contribution in [0.3, 0.4) is 0 Å². The van der Waals surface area contributed by atoms with Crippen LogP contribution in [0.25, 0.3) is 0 Å². The van der Waals surface area contributed by atoms with Crippen LogP contribution in [-0.4, -0.2) is 17.7 Å². The van der Waals surface area contributed by atoms with E-state index in [1.807, 2.05) is 24.3 Å². The van der Waals surface area contributed by atoms with Crippen LogP contribution in [0.15, 0.2) is 53.6 Å². The lowest BCUT2D eigenvalue weighted by Gasteiger charge is -2.05. The molecule has 0 atom stereocenters. The summed E-state index contributed by atoms with van der Waals surface area (Å²) in [7, 11) is 0. The van der Waals surface area contributed by atoms with Crippen molar-refractivity contribution in [3.8, 4) is 5.75 Å². The minimum absolute atomic E-state index is 0.0539. The van der Waals surface area contributed by atoms with E-state index in [1.54, 1.807) is 18.3 Å². The number of hydrazone groups is 1. The van der Waals surface area contributed by atoms with Gasteiger partial charge in [-0.15, -0.1) is 0 Å². The van der Waals surface area contributed by atoms with Gasteiger partial charge in [-0.3, -0.25) is 15.5 Å². The first kappa shape index (κ1) is 16.5. The smallest absolute Gasteiger partial charge is 0.269 e. The molecule has 0 aliphatic rings. The number of non-ortho nitro benzene ring substituents is 1. The number of anilines is 1. The first-order valence-corrected chi connectivity index (χ1v) is 7.45. The Hall–Kier alpha value is -2.89. The quantitative estimate of drug-likeness (QED) is 0.342. The molecular formula is C17H19N3O3. The molecule has 0 fully saturated rings. The van der Waals surface area contributed by atoms with Gasteiger partial charge in [-0.2, -0.15) is 5.10 Å². The van der Waals surface area contributed by atoms with E-state index in [9.17, 15) is 10.1 Å². The molecule has 2 aromatic carbocycles. The number of nitro groups is 1. The third-order valence-electron chi connectivity index (χ3n) is 3.13. The second-order valence-electron chi connectivity index (χ2n) is 4.95. The van der Waals surface area contributed by atoms with Gasteiger partial charge in [0.2, 0.25) is 0 Å². The third-order valence-corrected chi connectivity index (χ3v) is 3.13. The average molecular weight is 313 g/mol. The maximum Gasteiger partial charge on any atom is 0.269 e. The highest BCUT2D eigenvalue weighted by molar-refractivity contribution is 5.80. The van der Waals surface area contributed by atoms with Crippen LogP contribution in [0.4, 0.5) is 11.4 Å². The average Bonchev–Trinajstić information content (AvgIpc) is 2.57. The Balaban J connectivity index is 1.86. The van der Waals surface area contributed by atoms with Crippen molar-refractivity contribution in [3.05, 3.63) is 64.2 Å². The van der Waals surface area contributed by atoms with Crippen molar-refractivity contribution in [1.29, 1.82) is 0 Å². The summed E-state index contributed by atoms with van der Waals surface area (Å²) in [5.74, 6) is 0.846. The number of benzene rings is 2. The van der Waals surface area contributed by atoms with Crippen LogP contribution in [0, 0.1) is 10.1 Å². The zero-order valence-corrected chi connectivity index (χ0v) is 12.9. The van der Waals surface area contributed by atoms with Gasteiger partial charge < -0.3 is 4.74 Å². The van der Waals surface area contributed by atoms with E-state index in [0.29, 0.717) is 5.69 Å². The molecule has 2 rings (SSSR count). The van der Waals surface area contributed by atoms with E-state index >= 15 is 0 Å². The highest BCUT2D eigenvalue weighted by Crippen LogP contribution is 2.15. The van der Waals surface area contributed by atoms with Gasteiger partial charge in [-0.25, -0.2) is 0 Å². The molecule has 2 aromatic rings. The van der Waals surface area contributed by atoms with Gasteiger partial charge in [0.15, 0.2) is 0 Å². The third kappa shape index (κ3) is 5.43. The Morgan fingerprint density at radius 2 is 1.87 bits per heavy atom. The monoisotopic (exact) mass is 313 g/mol. The van der Waals surface area contributed by atoms with E-state index in [0.717, 1.165) is 30.8 Å². The van der Waals surface area contributed by atoms with Crippen molar-refractivity contribution in [3.63, 3.8) is 0 Å². The lowest BCUT2D eigenvalue weighted by molar-refractivity contribution is -0.384. The number of rotatable bonds is 8. The van der Waals surface area contributed by atoms with Crippen LogP contribution in [0.2, 0.25) is 0 Å². The fourth-order valence-corrected chi connectivity index (χ4v) is 1.82. The zero-order chi connectivity index (χ0) is 16.5. The molecule has 23 heavy (non-hydrogen) atoms. The number of unbranched alkanes of at least 4 members (excludes halogenated alkanes) is 1. The number of nitrogens with one attached hydrogen (secondary N) is 1. The molecule has 0 bridgehead atoms. The molecule has 0 aliphatic heterocycles. The van der Waals surface area contributed by atoms with Crippen LogP contribution in [0.1, 0.15) is 25.3 Å². The number of nitrogens with zero attached hydrogens (tertiary/aromatic N) is 2. The fraction of sp³-hybridized carbons (Fsp3) is 0.235. The molecule has 120 valence electrons. The van der Waals surface area contributed by atoms with Gasteiger partial charge in [0.05, 0.1) is 23.4 Å². The Morgan fingerprint density at radius 3 is 2.48 bits per heavy atom.